The minimum Gasteiger partial charge on any atom is -0.462 e. The quantitative estimate of drug-likeness (QED) is 0.0222. The van der Waals surface area contributed by atoms with Crippen LogP contribution in [0.25, 0.3) is 0 Å². The molecular weight excluding hydrogens is 1230 g/mol. The zero-order valence-corrected chi connectivity index (χ0v) is 63.1. The summed E-state index contributed by atoms with van der Waals surface area (Å²) in [7, 11) is -9.91. The third kappa shape index (κ3) is 68.6. The average Bonchev–Trinajstić information content (AvgIpc) is 3.33. The van der Waals surface area contributed by atoms with Gasteiger partial charge in [0.1, 0.15) is 19.3 Å². The van der Waals surface area contributed by atoms with Crippen LogP contribution in [0.3, 0.4) is 0 Å². The Hall–Kier alpha value is -1.94. The van der Waals surface area contributed by atoms with Crippen LogP contribution in [0.5, 0.6) is 0 Å². The number of aliphatic hydroxyl groups is 1. The molecule has 0 aromatic heterocycles. The molecule has 0 aliphatic carbocycles. The van der Waals surface area contributed by atoms with Gasteiger partial charge in [-0.3, -0.25) is 37.3 Å². The molecule has 0 aromatic rings. The molecular formula is C75H146O17P2. The maximum absolute atomic E-state index is 13.1. The molecule has 0 radical (unpaired) electrons. The van der Waals surface area contributed by atoms with Crippen LogP contribution in [0, 0.1) is 11.8 Å². The van der Waals surface area contributed by atoms with Crippen molar-refractivity contribution in [2.45, 2.75) is 407 Å². The van der Waals surface area contributed by atoms with Gasteiger partial charge in [-0.15, -0.1) is 0 Å². The Morgan fingerprint density at radius 3 is 0.723 bits per heavy atom. The van der Waals surface area contributed by atoms with E-state index in [-0.39, 0.29) is 25.7 Å². The smallest absolute Gasteiger partial charge is 0.462 e. The van der Waals surface area contributed by atoms with Gasteiger partial charge < -0.3 is 33.8 Å². The molecule has 0 saturated carbocycles. The lowest BCUT2D eigenvalue weighted by atomic mass is 10.0. The number of rotatable bonds is 74. The van der Waals surface area contributed by atoms with Gasteiger partial charge in [0, 0.05) is 25.7 Å². The van der Waals surface area contributed by atoms with Crippen molar-refractivity contribution in [3.05, 3.63) is 0 Å². The number of carbonyl (C=O) groups excluding carboxylic acids is 4. The Kier molecular flexibility index (Phi) is 65.5. The molecule has 0 fully saturated rings. The summed E-state index contributed by atoms with van der Waals surface area (Å²) in [4.78, 5) is 72.8. The molecule has 0 spiro atoms. The Morgan fingerprint density at radius 2 is 0.489 bits per heavy atom. The maximum atomic E-state index is 13.1. The molecule has 3 N–H and O–H groups in total. The lowest BCUT2D eigenvalue weighted by molar-refractivity contribution is -0.161. The minimum atomic E-state index is -4.96. The van der Waals surface area contributed by atoms with E-state index in [1.807, 2.05) is 0 Å². The first-order valence-electron chi connectivity index (χ1n) is 39.0. The summed E-state index contributed by atoms with van der Waals surface area (Å²) in [6, 6.07) is 0. The van der Waals surface area contributed by atoms with E-state index in [9.17, 15) is 43.2 Å². The topological polar surface area (TPSA) is 237 Å². The second-order valence-electron chi connectivity index (χ2n) is 28.0. The first kappa shape index (κ1) is 92.1. The Morgan fingerprint density at radius 1 is 0.287 bits per heavy atom. The number of hydrogen-bond acceptors (Lipinski definition) is 15. The third-order valence-corrected chi connectivity index (χ3v) is 19.4. The van der Waals surface area contributed by atoms with Crippen molar-refractivity contribution in [3.8, 4) is 0 Å². The van der Waals surface area contributed by atoms with Crippen LogP contribution in [-0.4, -0.2) is 96.7 Å². The van der Waals surface area contributed by atoms with E-state index in [1.54, 1.807) is 0 Å². The van der Waals surface area contributed by atoms with Crippen molar-refractivity contribution in [2.75, 3.05) is 39.6 Å². The van der Waals surface area contributed by atoms with Gasteiger partial charge in [-0.25, -0.2) is 9.13 Å². The van der Waals surface area contributed by atoms with E-state index in [2.05, 4.69) is 41.5 Å². The van der Waals surface area contributed by atoms with E-state index >= 15 is 0 Å². The van der Waals surface area contributed by atoms with Crippen LogP contribution in [0.4, 0.5) is 0 Å². The summed E-state index contributed by atoms with van der Waals surface area (Å²) in [6.45, 7) is 9.54. The second-order valence-corrected chi connectivity index (χ2v) is 30.9. The van der Waals surface area contributed by atoms with Crippen molar-refractivity contribution >= 4 is 39.5 Å². The molecule has 0 rings (SSSR count). The lowest BCUT2D eigenvalue weighted by Gasteiger charge is -2.21. The van der Waals surface area contributed by atoms with E-state index in [1.165, 1.54) is 199 Å². The Balaban J connectivity index is 5.25. The number of ether oxygens (including phenoxy) is 4. The highest BCUT2D eigenvalue weighted by Gasteiger charge is 2.30. The van der Waals surface area contributed by atoms with Gasteiger partial charge in [0.2, 0.25) is 0 Å². The average molecular weight is 1380 g/mol. The van der Waals surface area contributed by atoms with Crippen molar-refractivity contribution in [3.63, 3.8) is 0 Å². The summed E-state index contributed by atoms with van der Waals surface area (Å²) < 4.78 is 68.5. The van der Waals surface area contributed by atoms with E-state index in [0.717, 1.165) is 102 Å². The van der Waals surface area contributed by atoms with Crippen LogP contribution in [0.15, 0.2) is 0 Å². The molecule has 5 atom stereocenters. The zero-order valence-electron chi connectivity index (χ0n) is 61.3. The molecule has 0 amide bonds. The van der Waals surface area contributed by atoms with Gasteiger partial charge in [0.25, 0.3) is 0 Å². The predicted molar refractivity (Wildman–Crippen MR) is 381 cm³/mol. The number of esters is 4. The second kappa shape index (κ2) is 66.9. The normalized spacial score (nSPS) is 14.0. The van der Waals surface area contributed by atoms with Gasteiger partial charge in [-0.2, -0.15) is 0 Å². The van der Waals surface area contributed by atoms with Crippen LogP contribution >= 0.6 is 15.6 Å². The molecule has 0 aromatic carbocycles. The highest BCUT2D eigenvalue weighted by molar-refractivity contribution is 7.47. The molecule has 94 heavy (non-hydrogen) atoms. The standard InChI is InChI=1S/C75H146O17P2/c1-7-9-11-13-15-17-19-21-22-23-24-26-30-35-41-48-54-60-75(80)91-70(63-85-72(77)57-51-45-39-33-31-27-28-32-37-43-49-55-67(3)4)65-89-93(81,82)87-61-69(76)62-88-94(83,84)90-66-71(64-86-73(78)58-52-46-42-36-38-44-50-56-68(5)6)92-74(79)59-53-47-40-34-29-25-20-18-16-14-12-10-8-2/h67-71,76H,7-66H2,1-6H3,(H,81,82)(H,83,84)/t69-,70-,71-/m1/s1. The summed E-state index contributed by atoms with van der Waals surface area (Å²) in [5.41, 5.74) is 0. The highest BCUT2D eigenvalue weighted by Crippen LogP contribution is 2.45. The van der Waals surface area contributed by atoms with Gasteiger partial charge in [-0.1, -0.05) is 337 Å². The fraction of sp³-hybridized carbons (Fsp3) is 0.947. The van der Waals surface area contributed by atoms with E-state index in [0.29, 0.717) is 31.6 Å². The van der Waals surface area contributed by atoms with Gasteiger partial charge >= 0.3 is 39.5 Å². The summed E-state index contributed by atoms with van der Waals surface area (Å²) in [5.74, 6) is -0.640. The Labute approximate surface area is 575 Å². The fourth-order valence-corrected chi connectivity index (χ4v) is 13.1. The zero-order chi connectivity index (χ0) is 69.3. The van der Waals surface area contributed by atoms with Crippen LogP contribution in [0.1, 0.15) is 388 Å². The van der Waals surface area contributed by atoms with E-state index in [4.69, 9.17) is 37.0 Å². The highest BCUT2D eigenvalue weighted by atomic mass is 31.2. The third-order valence-electron chi connectivity index (χ3n) is 17.5. The first-order chi connectivity index (χ1) is 45.4. The predicted octanol–water partition coefficient (Wildman–Crippen LogP) is 21.9. The summed E-state index contributed by atoms with van der Waals surface area (Å²) in [6.07, 6.45) is 54.1. The molecule has 0 aliphatic rings. The molecule has 17 nitrogen and oxygen atoms in total. The van der Waals surface area contributed by atoms with Crippen molar-refractivity contribution in [1.29, 1.82) is 0 Å². The Bertz CT molecular complexity index is 1820. The number of aliphatic hydroxyl groups excluding tert-OH is 1. The van der Waals surface area contributed by atoms with Crippen LogP contribution < -0.4 is 0 Å². The molecule has 19 heteroatoms. The molecule has 0 bridgehead atoms. The van der Waals surface area contributed by atoms with Crippen molar-refractivity contribution < 1.29 is 80.2 Å². The number of hydrogen-bond donors (Lipinski definition) is 3. The summed E-state index contributed by atoms with van der Waals surface area (Å²) in [5, 5.41) is 10.6. The molecule has 0 saturated heterocycles. The molecule has 0 aliphatic heterocycles. The summed E-state index contributed by atoms with van der Waals surface area (Å²) >= 11 is 0. The number of carbonyl (C=O) groups is 4. The lowest BCUT2D eigenvalue weighted by Crippen LogP contribution is -2.30. The monoisotopic (exact) mass is 1380 g/mol. The largest absolute Gasteiger partial charge is 0.472 e. The number of unbranched alkanes of at least 4 members (excludes halogenated alkanes) is 44. The van der Waals surface area contributed by atoms with Crippen LogP contribution in [0.2, 0.25) is 0 Å². The van der Waals surface area contributed by atoms with Crippen LogP contribution in [-0.2, 0) is 65.4 Å². The van der Waals surface area contributed by atoms with Gasteiger partial charge in [0.05, 0.1) is 26.4 Å². The molecule has 558 valence electrons. The number of phosphoric acid groups is 2. The SMILES string of the molecule is CCCCCCCCCCCCCCCCCCCC(=O)O[C@H](COC(=O)CCCCCCCCCCCCCC(C)C)COP(=O)(O)OC[C@@H](O)COP(=O)(O)OC[C@@H](COC(=O)CCCCCCCCCC(C)C)OC(=O)CCCCCCCCCCCCCCC. The number of phosphoric ester groups is 2. The minimum absolute atomic E-state index is 0.107. The first-order valence-corrected chi connectivity index (χ1v) is 42.0. The van der Waals surface area contributed by atoms with Gasteiger partial charge in [0.15, 0.2) is 12.2 Å². The van der Waals surface area contributed by atoms with E-state index < -0.39 is 97.5 Å². The molecule has 0 heterocycles. The van der Waals surface area contributed by atoms with Crippen molar-refractivity contribution in [1.82, 2.24) is 0 Å². The van der Waals surface area contributed by atoms with Crippen molar-refractivity contribution in [2.24, 2.45) is 11.8 Å². The maximum Gasteiger partial charge on any atom is 0.472 e. The van der Waals surface area contributed by atoms with Gasteiger partial charge in [-0.05, 0) is 37.5 Å². The fourth-order valence-electron chi connectivity index (χ4n) is 11.5. The molecule has 2 unspecified atom stereocenters.